The number of cyclic esters (lactones) is 1. The van der Waals surface area contributed by atoms with Crippen LogP contribution in [0.5, 0.6) is 0 Å². The molecule has 1 aromatic rings. The third-order valence-electron chi connectivity index (χ3n) is 5.13. The molecule has 1 unspecified atom stereocenters. The summed E-state index contributed by atoms with van der Waals surface area (Å²) in [5.74, 6) is -1.63. The minimum Gasteiger partial charge on any atom is -0.442 e. The molecule has 1 aromatic carbocycles. The van der Waals surface area contributed by atoms with E-state index in [1.54, 1.807) is 4.90 Å². The van der Waals surface area contributed by atoms with Gasteiger partial charge in [-0.25, -0.2) is 13.6 Å². The Hall–Kier alpha value is -2.42. The third kappa shape index (κ3) is 2.86. The first-order valence-corrected chi connectivity index (χ1v) is 8.54. The van der Waals surface area contributed by atoms with E-state index in [9.17, 15) is 18.4 Å². The van der Waals surface area contributed by atoms with Crippen LogP contribution >= 0.6 is 0 Å². The number of halogens is 2. The summed E-state index contributed by atoms with van der Waals surface area (Å²) in [4.78, 5) is 25.8. The van der Waals surface area contributed by atoms with Crippen LogP contribution < -0.4 is 20.4 Å². The fourth-order valence-electron chi connectivity index (χ4n) is 3.73. The smallest absolute Gasteiger partial charge is 0.414 e. The molecular formula is C17H20F2N4O3. The van der Waals surface area contributed by atoms with Crippen molar-refractivity contribution >= 4 is 23.4 Å². The molecule has 4 rings (SSSR count). The van der Waals surface area contributed by atoms with Gasteiger partial charge in [0.25, 0.3) is 0 Å². The van der Waals surface area contributed by atoms with Crippen LogP contribution in [-0.2, 0) is 9.53 Å². The molecule has 0 bridgehead atoms. The Balaban J connectivity index is 1.48. The van der Waals surface area contributed by atoms with Crippen LogP contribution in [0.3, 0.4) is 0 Å². The minimum atomic E-state index is -0.694. The van der Waals surface area contributed by atoms with E-state index in [4.69, 9.17) is 4.74 Å². The molecule has 1 spiro atoms. The van der Waals surface area contributed by atoms with Crippen molar-refractivity contribution in [1.82, 2.24) is 10.6 Å². The van der Waals surface area contributed by atoms with Crippen molar-refractivity contribution in [3.8, 4) is 0 Å². The first-order chi connectivity index (χ1) is 12.4. The number of nitrogens with zero attached hydrogens (tertiary/aromatic N) is 2. The maximum Gasteiger partial charge on any atom is 0.414 e. The molecule has 0 radical (unpaired) electrons. The Kier molecular flexibility index (Phi) is 3.98. The quantitative estimate of drug-likeness (QED) is 0.826. The predicted molar refractivity (Wildman–Crippen MR) is 90.2 cm³/mol. The average Bonchev–Trinajstić information content (AvgIpc) is 2.85. The maximum atomic E-state index is 14.6. The lowest BCUT2D eigenvalue weighted by Crippen LogP contribution is -2.71. The molecule has 2 amide bonds. The van der Waals surface area contributed by atoms with Crippen LogP contribution in [0.4, 0.5) is 25.0 Å². The molecule has 3 fully saturated rings. The number of benzene rings is 1. The number of ether oxygens (including phenoxy) is 1. The highest BCUT2D eigenvalue weighted by molar-refractivity contribution is 5.90. The molecule has 0 saturated carbocycles. The van der Waals surface area contributed by atoms with Crippen molar-refractivity contribution in [2.75, 3.05) is 49.1 Å². The molecule has 26 heavy (non-hydrogen) atoms. The number of carbonyl (C=O) groups excluding carboxylic acids is 2. The molecule has 3 aliphatic heterocycles. The summed E-state index contributed by atoms with van der Waals surface area (Å²) in [5, 5.41) is 5.74. The molecule has 0 aliphatic carbocycles. The zero-order valence-electron chi connectivity index (χ0n) is 14.3. The summed E-state index contributed by atoms with van der Waals surface area (Å²) in [6, 6.07) is 2.31. The van der Waals surface area contributed by atoms with Crippen LogP contribution in [0.25, 0.3) is 0 Å². The van der Waals surface area contributed by atoms with Crippen molar-refractivity contribution < 1.29 is 23.1 Å². The molecule has 2 N–H and O–H groups in total. The van der Waals surface area contributed by atoms with E-state index in [2.05, 4.69) is 10.6 Å². The number of anilines is 2. The summed E-state index contributed by atoms with van der Waals surface area (Å²) in [6.07, 6.45) is -1.24. The lowest BCUT2D eigenvalue weighted by molar-refractivity contribution is -0.119. The van der Waals surface area contributed by atoms with Gasteiger partial charge in [-0.2, -0.15) is 0 Å². The Morgan fingerprint density at radius 2 is 2.00 bits per heavy atom. The van der Waals surface area contributed by atoms with Gasteiger partial charge in [0, 0.05) is 50.7 Å². The number of nitrogens with one attached hydrogen (secondary N) is 2. The average molecular weight is 366 g/mol. The predicted octanol–water partition coefficient (Wildman–Crippen LogP) is 0.836. The molecule has 1 atom stereocenters. The van der Waals surface area contributed by atoms with Crippen molar-refractivity contribution in [1.29, 1.82) is 0 Å². The summed E-state index contributed by atoms with van der Waals surface area (Å²) >= 11 is 0. The Morgan fingerprint density at radius 1 is 1.35 bits per heavy atom. The number of carbonyl (C=O) groups is 2. The Morgan fingerprint density at radius 3 is 2.54 bits per heavy atom. The second-order valence-electron chi connectivity index (χ2n) is 7.27. The monoisotopic (exact) mass is 366 g/mol. The lowest BCUT2D eigenvalue weighted by Gasteiger charge is -2.57. The number of hydrogen-bond acceptors (Lipinski definition) is 5. The Bertz CT molecular complexity index is 737. The van der Waals surface area contributed by atoms with Gasteiger partial charge in [0.2, 0.25) is 5.91 Å². The lowest BCUT2D eigenvalue weighted by atomic mass is 9.74. The third-order valence-corrected chi connectivity index (χ3v) is 5.13. The van der Waals surface area contributed by atoms with E-state index in [0.29, 0.717) is 13.1 Å². The fraction of sp³-hybridized carbons (Fsp3) is 0.529. The van der Waals surface area contributed by atoms with Crippen LogP contribution in [0.2, 0.25) is 0 Å². The van der Waals surface area contributed by atoms with Crippen molar-refractivity contribution in [2.24, 2.45) is 5.41 Å². The van der Waals surface area contributed by atoms with Gasteiger partial charge in [-0.15, -0.1) is 0 Å². The molecule has 3 saturated heterocycles. The standard InChI is InChI=1S/C17H20F2N4O3/c1-10(24)21-4-12-5-23(16(25)26-12)11-2-13(18)15(14(19)3-11)22-8-17(9-22)6-20-7-17/h2-3,12,20H,4-9H2,1H3,(H,21,24). The van der Waals surface area contributed by atoms with Crippen molar-refractivity contribution in [2.45, 2.75) is 13.0 Å². The number of hydrogen-bond donors (Lipinski definition) is 2. The minimum absolute atomic E-state index is 0.0476. The van der Waals surface area contributed by atoms with Crippen molar-refractivity contribution in [3.05, 3.63) is 23.8 Å². The van der Waals surface area contributed by atoms with Gasteiger partial charge in [-0.1, -0.05) is 0 Å². The van der Waals surface area contributed by atoms with Gasteiger partial charge < -0.3 is 20.3 Å². The number of amides is 2. The van der Waals surface area contributed by atoms with E-state index in [0.717, 1.165) is 25.2 Å². The first kappa shape index (κ1) is 17.0. The highest BCUT2D eigenvalue weighted by Gasteiger charge is 2.48. The normalized spacial score (nSPS) is 23.5. The SMILES string of the molecule is CC(=O)NCC1CN(c2cc(F)c(N3CC4(CNC4)C3)c(F)c2)C(=O)O1. The second-order valence-corrected chi connectivity index (χ2v) is 7.27. The maximum absolute atomic E-state index is 14.6. The first-order valence-electron chi connectivity index (χ1n) is 8.54. The fourth-order valence-corrected chi connectivity index (χ4v) is 3.73. The van der Waals surface area contributed by atoms with E-state index >= 15 is 0 Å². The highest BCUT2D eigenvalue weighted by atomic mass is 19.1. The van der Waals surface area contributed by atoms with E-state index in [1.807, 2.05) is 0 Å². The molecule has 7 nitrogen and oxygen atoms in total. The van der Waals surface area contributed by atoms with Crippen LogP contribution in [0.1, 0.15) is 6.92 Å². The van der Waals surface area contributed by atoms with Gasteiger partial charge in [-0.05, 0) is 0 Å². The zero-order chi connectivity index (χ0) is 18.5. The molecule has 3 heterocycles. The van der Waals surface area contributed by atoms with Gasteiger partial charge in [0.05, 0.1) is 18.8 Å². The molecule has 3 aliphatic rings. The summed E-state index contributed by atoms with van der Waals surface area (Å²) < 4.78 is 34.2. The highest BCUT2D eigenvalue weighted by Crippen LogP contribution is 2.40. The van der Waals surface area contributed by atoms with Crippen LogP contribution in [0, 0.1) is 17.0 Å². The molecular weight excluding hydrogens is 346 g/mol. The van der Waals surface area contributed by atoms with E-state index < -0.39 is 23.8 Å². The van der Waals surface area contributed by atoms with Gasteiger partial charge in [0.15, 0.2) is 11.6 Å². The van der Waals surface area contributed by atoms with Crippen molar-refractivity contribution in [3.63, 3.8) is 0 Å². The summed E-state index contributed by atoms with van der Waals surface area (Å²) in [5.41, 5.74) is 0.209. The topological polar surface area (TPSA) is 73.9 Å². The second kappa shape index (κ2) is 6.08. The van der Waals surface area contributed by atoms with Crippen LogP contribution in [0.15, 0.2) is 12.1 Å². The number of rotatable bonds is 4. The largest absolute Gasteiger partial charge is 0.442 e. The van der Waals surface area contributed by atoms with Crippen LogP contribution in [-0.4, -0.2) is 57.4 Å². The summed E-state index contributed by atoms with van der Waals surface area (Å²) in [6.45, 7) is 4.63. The summed E-state index contributed by atoms with van der Waals surface area (Å²) in [7, 11) is 0. The Labute approximate surface area is 149 Å². The molecule has 140 valence electrons. The zero-order valence-corrected chi connectivity index (χ0v) is 14.3. The van der Waals surface area contributed by atoms with Gasteiger partial charge in [0.1, 0.15) is 11.8 Å². The van der Waals surface area contributed by atoms with E-state index in [-0.39, 0.29) is 35.8 Å². The van der Waals surface area contributed by atoms with E-state index in [1.165, 1.54) is 11.8 Å². The molecule has 9 heteroatoms. The molecule has 0 aromatic heterocycles. The van der Waals surface area contributed by atoms with Gasteiger partial charge in [-0.3, -0.25) is 9.69 Å². The van der Waals surface area contributed by atoms with Gasteiger partial charge >= 0.3 is 6.09 Å².